The van der Waals surface area contributed by atoms with E-state index in [4.69, 9.17) is 11.5 Å². The number of imidazole rings is 1. The predicted octanol–water partition coefficient (Wildman–Crippen LogP) is -2.98. The third-order valence-electron chi connectivity index (χ3n) is 5.43. The number of nitrogens with two attached hydrogens (primary N) is 2. The topological polar surface area (TPSA) is 263 Å². The Balaban J connectivity index is 2.29. The number of aromatic hydroxyl groups is 1. The first kappa shape index (κ1) is 29.7. The summed E-state index contributed by atoms with van der Waals surface area (Å²) >= 11 is 0. The van der Waals surface area contributed by atoms with Crippen molar-refractivity contribution >= 4 is 29.6 Å². The maximum Gasteiger partial charge on any atom is 0.328 e. The number of phenols is 1. The van der Waals surface area contributed by atoms with Crippen molar-refractivity contribution in [3.8, 4) is 5.75 Å². The van der Waals surface area contributed by atoms with Gasteiger partial charge >= 0.3 is 5.97 Å². The Bertz CT molecular complexity index is 1120. The largest absolute Gasteiger partial charge is 0.508 e. The van der Waals surface area contributed by atoms with Crippen molar-refractivity contribution in [1.82, 2.24) is 25.9 Å². The van der Waals surface area contributed by atoms with Crippen LogP contribution >= 0.6 is 0 Å². The number of carbonyl (C=O) groups is 5. The van der Waals surface area contributed by atoms with Gasteiger partial charge < -0.3 is 47.7 Å². The van der Waals surface area contributed by atoms with Gasteiger partial charge in [0.15, 0.2) is 6.04 Å². The molecule has 1 heterocycles. The van der Waals surface area contributed by atoms with Crippen LogP contribution in [0.3, 0.4) is 0 Å². The number of nitrogens with one attached hydrogen (secondary N) is 4. The first-order valence-corrected chi connectivity index (χ1v) is 11.5. The maximum absolute atomic E-state index is 13.3. The molecule has 206 valence electrons. The van der Waals surface area contributed by atoms with Crippen molar-refractivity contribution in [2.45, 2.75) is 56.5 Å². The summed E-state index contributed by atoms with van der Waals surface area (Å²) < 4.78 is 0. The van der Waals surface area contributed by atoms with Gasteiger partial charge in [-0.1, -0.05) is 12.1 Å². The summed E-state index contributed by atoms with van der Waals surface area (Å²) in [4.78, 5) is 68.1. The Morgan fingerprint density at radius 1 is 0.974 bits per heavy atom. The van der Waals surface area contributed by atoms with Crippen molar-refractivity contribution in [1.29, 1.82) is 0 Å². The molecule has 1 aromatic heterocycles. The molecule has 5 unspecified atom stereocenters. The molecule has 4 amide bonds. The van der Waals surface area contributed by atoms with Gasteiger partial charge in [0.25, 0.3) is 0 Å². The fourth-order valence-corrected chi connectivity index (χ4v) is 3.41. The summed E-state index contributed by atoms with van der Waals surface area (Å²) in [6.07, 6.45) is 0.605. The van der Waals surface area contributed by atoms with Gasteiger partial charge in [-0.25, -0.2) is 9.78 Å². The van der Waals surface area contributed by atoms with Gasteiger partial charge in [0.2, 0.25) is 23.6 Å². The zero-order chi connectivity index (χ0) is 28.4. The average molecular weight is 534 g/mol. The zero-order valence-corrected chi connectivity index (χ0v) is 20.5. The molecular formula is C23H31N7O8. The van der Waals surface area contributed by atoms with E-state index in [1.54, 1.807) is 0 Å². The number of carbonyl (C=O) groups excluding carboxylic acids is 4. The lowest BCUT2D eigenvalue weighted by Crippen LogP contribution is -2.59. The molecule has 2 rings (SSSR count). The predicted molar refractivity (Wildman–Crippen MR) is 131 cm³/mol. The molecule has 0 aliphatic heterocycles. The average Bonchev–Trinajstić information content (AvgIpc) is 3.35. The second-order valence-electron chi connectivity index (χ2n) is 8.62. The number of primary amides is 1. The molecule has 0 radical (unpaired) electrons. The van der Waals surface area contributed by atoms with E-state index in [0.717, 1.165) is 0 Å². The summed E-state index contributed by atoms with van der Waals surface area (Å²) in [7, 11) is 0. The number of H-pyrrole nitrogens is 1. The molecule has 11 N–H and O–H groups in total. The molecule has 2 aromatic rings. The van der Waals surface area contributed by atoms with Crippen molar-refractivity contribution < 1.29 is 39.3 Å². The number of benzene rings is 1. The maximum atomic E-state index is 13.3. The Morgan fingerprint density at radius 3 is 2.08 bits per heavy atom. The number of carboxylic acids is 1. The summed E-state index contributed by atoms with van der Waals surface area (Å²) in [5, 5.41) is 35.7. The van der Waals surface area contributed by atoms with Crippen LogP contribution in [-0.4, -0.2) is 85.2 Å². The van der Waals surface area contributed by atoms with E-state index in [2.05, 4.69) is 25.9 Å². The highest BCUT2D eigenvalue weighted by molar-refractivity contribution is 5.95. The number of amides is 4. The minimum absolute atomic E-state index is 0.0235. The van der Waals surface area contributed by atoms with Gasteiger partial charge in [-0.2, -0.15) is 0 Å². The van der Waals surface area contributed by atoms with E-state index in [1.807, 2.05) is 0 Å². The van der Waals surface area contributed by atoms with Crippen molar-refractivity contribution in [2.75, 3.05) is 0 Å². The number of carboxylic acid groups (broad SMARTS) is 1. The van der Waals surface area contributed by atoms with Gasteiger partial charge in [-0.05, 0) is 24.6 Å². The van der Waals surface area contributed by atoms with Gasteiger partial charge in [-0.3, -0.25) is 19.2 Å². The Morgan fingerprint density at radius 2 is 1.55 bits per heavy atom. The fourth-order valence-electron chi connectivity index (χ4n) is 3.41. The highest BCUT2D eigenvalue weighted by Crippen LogP contribution is 2.12. The fraction of sp³-hybridized carbons (Fsp3) is 0.391. The lowest BCUT2D eigenvalue weighted by atomic mass is 10.0. The Hall–Kier alpha value is -4.50. The number of aromatic nitrogens is 2. The Labute approximate surface area is 217 Å². The van der Waals surface area contributed by atoms with Crippen molar-refractivity contribution in [3.63, 3.8) is 0 Å². The van der Waals surface area contributed by atoms with Crippen molar-refractivity contribution in [2.24, 2.45) is 11.5 Å². The second kappa shape index (κ2) is 13.7. The molecule has 15 nitrogen and oxygen atoms in total. The van der Waals surface area contributed by atoms with E-state index >= 15 is 0 Å². The first-order chi connectivity index (χ1) is 17.9. The number of aliphatic hydroxyl groups excluding tert-OH is 1. The van der Waals surface area contributed by atoms with Crippen LogP contribution in [0.15, 0.2) is 36.8 Å². The standard InChI is InChI=1S/C23H31N7O8/c1-11(31)19(23(37)38)30-22(36)17(7-13-9-26-10-27-13)29-21(35)16(6-12-2-4-14(32)5-3-12)28-20(34)15(24)8-18(25)33/h2-5,9-11,15-17,19,31-32H,6-8,24H2,1H3,(H2,25,33)(H,26,27)(H,28,34)(H,29,35)(H,30,36)(H,37,38). The zero-order valence-electron chi connectivity index (χ0n) is 20.5. The third-order valence-corrected chi connectivity index (χ3v) is 5.43. The summed E-state index contributed by atoms with van der Waals surface area (Å²) in [6, 6.07) is 0.150. The van der Waals surface area contributed by atoms with Crippen LogP contribution < -0.4 is 27.4 Å². The number of phenolic OH excluding ortho intramolecular Hbond substituents is 1. The molecule has 15 heteroatoms. The van der Waals surface area contributed by atoms with Gasteiger partial charge in [-0.15, -0.1) is 0 Å². The van der Waals surface area contributed by atoms with Crippen LogP contribution in [-0.2, 0) is 36.8 Å². The second-order valence-corrected chi connectivity index (χ2v) is 8.62. The Kier molecular flexibility index (Phi) is 10.7. The first-order valence-electron chi connectivity index (χ1n) is 11.5. The van der Waals surface area contributed by atoms with E-state index in [9.17, 15) is 39.3 Å². The molecule has 0 saturated carbocycles. The van der Waals surface area contributed by atoms with E-state index in [-0.39, 0.29) is 18.6 Å². The number of nitrogens with zero attached hydrogens (tertiary/aromatic N) is 1. The van der Waals surface area contributed by atoms with Crippen LogP contribution in [0.2, 0.25) is 0 Å². The van der Waals surface area contributed by atoms with E-state index in [1.165, 1.54) is 43.7 Å². The van der Waals surface area contributed by atoms with Crippen LogP contribution in [0.5, 0.6) is 5.75 Å². The number of hydrogen-bond acceptors (Lipinski definition) is 9. The molecule has 0 bridgehead atoms. The van der Waals surface area contributed by atoms with Crippen LogP contribution in [0.25, 0.3) is 0 Å². The normalized spacial score (nSPS) is 14.8. The molecule has 0 aliphatic carbocycles. The minimum atomic E-state index is -1.65. The molecule has 0 fully saturated rings. The van der Waals surface area contributed by atoms with Crippen LogP contribution in [0.1, 0.15) is 24.6 Å². The van der Waals surface area contributed by atoms with Crippen LogP contribution in [0, 0.1) is 0 Å². The highest BCUT2D eigenvalue weighted by atomic mass is 16.4. The quantitative estimate of drug-likeness (QED) is 0.119. The SMILES string of the molecule is CC(O)C(NC(=O)C(Cc1cnc[nH]1)NC(=O)C(Cc1ccc(O)cc1)NC(=O)C(N)CC(N)=O)C(=O)O. The molecular weight excluding hydrogens is 502 g/mol. The van der Waals surface area contributed by atoms with Gasteiger partial charge in [0.1, 0.15) is 17.8 Å². The molecule has 0 aliphatic rings. The van der Waals surface area contributed by atoms with E-state index in [0.29, 0.717) is 11.3 Å². The number of aliphatic hydroxyl groups is 1. The highest BCUT2D eigenvalue weighted by Gasteiger charge is 2.32. The smallest absolute Gasteiger partial charge is 0.328 e. The van der Waals surface area contributed by atoms with Crippen molar-refractivity contribution in [3.05, 3.63) is 48.0 Å². The van der Waals surface area contributed by atoms with E-state index < -0.39 is 66.3 Å². The molecule has 5 atom stereocenters. The third kappa shape index (κ3) is 9.18. The molecule has 0 saturated heterocycles. The number of hydrogen-bond donors (Lipinski definition) is 9. The molecule has 1 aromatic carbocycles. The lowest BCUT2D eigenvalue weighted by Gasteiger charge is -2.25. The molecule has 38 heavy (non-hydrogen) atoms. The monoisotopic (exact) mass is 533 g/mol. The number of aromatic amines is 1. The summed E-state index contributed by atoms with van der Waals surface area (Å²) in [5.74, 6) is -4.93. The van der Waals surface area contributed by atoms with Gasteiger partial charge in [0.05, 0.1) is 24.9 Å². The summed E-state index contributed by atoms with van der Waals surface area (Å²) in [5.41, 5.74) is 11.7. The van der Waals surface area contributed by atoms with Gasteiger partial charge in [0, 0.05) is 24.7 Å². The minimum Gasteiger partial charge on any atom is -0.508 e. The number of aliphatic carboxylic acids is 1. The summed E-state index contributed by atoms with van der Waals surface area (Å²) in [6.45, 7) is 1.18. The van der Waals surface area contributed by atoms with Crippen LogP contribution in [0.4, 0.5) is 0 Å². The lowest BCUT2D eigenvalue weighted by molar-refractivity contribution is -0.145. The number of rotatable bonds is 14. The molecule has 0 spiro atoms.